The Kier molecular flexibility index (Phi) is 7.82. The van der Waals surface area contributed by atoms with Gasteiger partial charge in [-0.05, 0) is 82.9 Å². The Bertz CT molecular complexity index is 2420. The van der Waals surface area contributed by atoms with Crippen molar-refractivity contribution in [3.8, 4) is 22.5 Å². The highest BCUT2D eigenvalue weighted by molar-refractivity contribution is 6.10. The minimum Gasteiger partial charge on any atom is -0.458 e. The lowest BCUT2D eigenvalue weighted by molar-refractivity contribution is -0.139. The summed E-state index contributed by atoms with van der Waals surface area (Å²) in [6, 6.07) is 46.4. The van der Waals surface area contributed by atoms with Crippen molar-refractivity contribution in [1.29, 1.82) is 0 Å². The number of rotatable bonds is 9. The Morgan fingerprint density at radius 3 is 1.26 bits per heavy atom. The van der Waals surface area contributed by atoms with Gasteiger partial charge in [0.2, 0.25) is 0 Å². The molecule has 0 aliphatic heterocycles. The number of benzene rings is 6. The molecule has 0 spiro atoms. The fourth-order valence-electron chi connectivity index (χ4n) is 6.81. The summed E-state index contributed by atoms with van der Waals surface area (Å²) in [5.74, 6) is -0.871. The lowest BCUT2D eigenvalue weighted by Gasteiger charge is -2.11. The standard InChI is InChI=1S/C44H32N2O4/c1-3-43(47)49-27-29-13-23-41-37(25-29)35-9-5-7-11-39(35)45(41)33-19-15-31(16-20-33)32-17-21-34(22-18-32)46-40-12-8-6-10-36(40)38-26-30(14-24-42(38)46)28-50-44(48)4-2/h3-26H,1-2,27-28H2. The summed E-state index contributed by atoms with van der Waals surface area (Å²) in [6.07, 6.45) is 2.36. The van der Waals surface area contributed by atoms with Crippen LogP contribution in [0.25, 0.3) is 66.1 Å². The van der Waals surface area contributed by atoms with Crippen LogP contribution in [0.15, 0.2) is 159 Å². The molecule has 242 valence electrons. The number of aromatic nitrogens is 2. The van der Waals surface area contributed by atoms with E-state index in [1.54, 1.807) is 0 Å². The highest BCUT2D eigenvalue weighted by Gasteiger charge is 2.15. The maximum absolute atomic E-state index is 11.6. The van der Waals surface area contributed by atoms with Gasteiger partial charge in [0.05, 0.1) is 22.1 Å². The van der Waals surface area contributed by atoms with Crippen LogP contribution < -0.4 is 0 Å². The number of carbonyl (C=O) groups excluding carboxylic acids is 2. The largest absolute Gasteiger partial charge is 0.458 e. The first-order valence-corrected chi connectivity index (χ1v) is 16.4. The van der Waals surface area contributed by atoms with Gasteiger partial charge in [-0.1, -0.05) is 86.0 Å². The SMILES string of the molecule is C=CC(=O)OCc1ccc2c(c1)c1ccccc1n2-c1ccc(-c2ccc(-n3c4ccccc4c4cc(COC(=O)C=C)ccc43)cc2)cc1. The summed E-state index contributed by atoms with van der Waals surface area (Å²) in [6.45, 7) is 7.35. The molecule has 8 aromatic rings. The molecule has 0 saturated carbocycles. The van der Waals surface area contributed by atoms with Crippen LogP contribution in [-0.4, -0.2) is 21.1 Å². The minimum absolute atomic E-state index is 0.195. The Balaban J connectivity index is 1.11. The normalized spacial score (nSPS) is 11.3. The number of nitrogens with zero attached hydrogens (tertiary/aromatic N) is 2. The van der Waals surface area contributed by atoms with Gasteiger partial charge in [-0.3, -0.25) is 0 Å². The molecule has 0 saturated heterocycles. The number of para-hydroxylation sites is 2. The van der Waals surface area contributed by atoms with Gasteiger partial charge in [-0.25, -0.2) is 9.59 Å². The zero-order valence-electron chi connectivity index (χ0n) is 27.2. The second kappa shape index (κ2) is 12.7. The van der Waals surface area contributed by atoms with Crippen LogP contribution in [0.3, 0.4) is 0 Å². The third kappa shape index (κ3) is 5.43. The predicted molar refractivity (Wildman–Crippen MR) is 201 cm³/mol. The van der Waals surface area contributed by atoms with Crippen molar-refractivity contribution in [3.63, 3.8) is 0 Å². The van der Waals surface area contributed by atoms with E-state index in [9.17, 15) is 9.59 Å². The second-order valence-electron chi connectivity index (χ2n) is 12.1. The van der Waals surface area contributed by atoms with Gasteiger partial charge in [0, 0.05) is 45.1 Å². The molecule has 0 unspecified atom stereocenters. The first-order valence-electron chi connectivity index (χ1n) is 16.4. The quantitative estimate of drug-likeness (QED) is 0.115. The Morgan fingerprint density at radius 1 is 0.480 bits per heavy atom. The molecule has 0 bridgehead atoms. The number of esters is 2. The predicted octanol–water partition coefficient (Wildman–Crippen LogP) is 10.0. The van der Waals surface area contributed by atoms with Crippen LogP contribution in [0.2, 0.25) is 0 Å². The molecule has 6 aromatic carbocycles. The van der Waals surface area contributed by atoms with Crippen LogP contribution in [0, 0.1) is 0 Å². The molecule has 0 aliphatic rings. The lowest BCUT2D eigenvalue weighted by Crippen LogP contribution is -2.00. The Labute approximate surface area is 288 Å². The van der Waals surface area contributed by atoms with E-state index < -0.39 is 11.9 Å². The molecule has 0 atom stereocenters. The maximum Gasteiger partial charge on any atom is 0.330 e. The molecule has 0 aliphatic carbocycles. The highest BCUT2D eigenvalue weighted by atomic mass is 16.5. The molecule has 0 amide bonds. The third-order valence-corrected chi connectivity index (χ3v) is 9.15. The topological polar surface area (TPSA) is 62.5 Å². The number of hydrogen-bond acceptors (Lipinski definition) is 4. The summed E-state index contributed by atoms with van der Waals surface area (Å²) < 4.78 is 15.1. The van der Waals surface area contributed by atoms with Crippen molar-refractivity contribution in [2.45, 2.75) is 13.2 Å². The lowest BCUT2D eigenvalue weighted by atomic mass is 10.0. The van der Waals surface area contributed by atoms with Crippen LogP contribution in [0.5, 0.6) is 0 Å². The molecule has 0 radical (unpaired) electrons. The van der Waals surface area contributed by atoms with E-state index in [-0.39, 0.29) is 13.2 Å². The first-order chi connectivity index (χ1) is 24.5. The van der Waals surface area contributed by atoms with Crippen molar-refractivity contribution in [3.05, 3.63) is 170 Å². The molecular weight excluding hydrogens is 620 g/mol. The molecular formula is C44H32N2O4. The van der Waals surface area contributed by atoms with Crippen molar-refractivity contribution < 1.29 is 19.1 Å². The monoisotopic (exact) mass is 652 g/mol. The fraction of sp³-hybridized carbons (Fsp3) is 0.0455. The van der Waals surface area contributed by atoms with E-state index in [1.165, 1.54) is 12.2 Å². The minimum atomic E-state index is -0.436. The number of ether oxygens (including phenoxy) is 2. The molecule has 50 heavy (non-hydrogen) atoms. The van der Waals surface area contributed by atoms with E-state index in [1.807, 2.05) is 24.3 Å². The molecule has 6 heteroatoms. The third-order valence-electron chi connectivity index (χ3n) is 9.15. The van der Waals surface area contributed by atoms with Crippen molar-refractivity contribution in [1.82, 2.24) is 9.13 Å². The summed E-state index contributed by atoms with van der Waals surface area (Å²) in [5, 5.41) is 4.47. The van der Waals surface area contributed by atoms with Gasteiger partial charge in [-0.15, -0.1) is 0 Å². The molecule has 0 N–H and O–H groups in total. The summed E-state index contributed by atoms with van der Waals surface area (Å²) in [7, 11) is 0. The summed E-state index contributed by atoms with van der Waals surface area (Å²) >= 11 is 0. The fourth-order valence-corrected chi connectivity index (χ4v) is 6.81. The van der Waals surface area contributed by atoms with Gasteiger partial charge in [0.1, 0.15) is 13.2 Å². The van der Waals surface area contributed by atoms with Gasteiger partial charge < -0.3 is 18.6 Å². The van der Waals surface area contributed by atoms with Gasteiger partial charge in [-0.2, -0.15) is 0 Å². The van der Waals surface area contributed by atoms with Crippen LogP contribution >= 0.6 is 0 Å². The van der Waals surface area contributed by atoms with Crippen LogP contribution in [0.4, 0.5) is 0 Å². The smallest absolute Gasteiger partial charge is 0.330 e. The molecule has 2 heterocycles. The van der Waals surface area contributed by atoms with Crippen molar-refractivity contribution in [2.75, 3.05) is 0 Å². The Hall–Kier alpha value is -6.66. The summed E-state index contributed by atoms with van der Waals surface area (Å²) in [4.78, 5) is 23.3. The Morgan fingerprint density at radius 2 is 0.860 bits per heavy atom. The summed E-state index contributed by atoms with van der Waals surface area (Å²) in [5.41, 5.74) is 10.6. The van der Waals surface area contributed by atoms with E-state index in [4.69, 9.17) is 9.47 Å². The molecule has 8 rings (SSSR count). The number of fused-ring (bicyclic) bond motifs is 6. The average Bonchev–Trinajstić information content (AvgIpc) is 3.68. The van der Waals surface area contributed by atoms with Crippen molar-refractivity contribution in [2.24, 2.45) is 0 Å². The average molecular weight is 653 g/mol. The van der Waals surface area contributed by atoms with Gasteiger partial charge >= 0.3 is 11.9 Å². The molecule has 0 fully saturated rings. The second-order valence-corrected chi connectivity index (χ2v) is 12.1. The number of carbonyl (C=O) groups is 2. The zero-order valence-corrected chi connectivity index (χ0v) is 27.2. The van der Waals surface area contributed by atoms with E-state index in [2.05, 4.69) is 131 Å². The van der Waals surface area contributed by atoms with Gasteiger partial charge in [0.25, 0.3) is 0 Å². The first kappa shape index (κ1) is 30.7. The maximum atomic E-state index is 11.6. The van der Waals surface area contributed by atoms with E-state index in [0.717, 1.165) is 77.2 Å². The molecule has 2 aromatic heterocycles. The number of hydrogen-bond donors (Lipinski definition) is 0. The van der Waals surface area contributed by atoms with E-state index >= 15 is 0 Å². The zero-order chi connectivity index (χ0) is 34.2. The highest BCUT2D eigenvalue weighted by Crippen LogP contribution is 2.35. The molecule has 6 nitrogen and oxygen atoms in total. The van der Waals surface area contributed by atoms with Crippen LogP contribution in [-0.2, 0) is 32.3 Å². The van der Waals surface area contributed by atoms with Gasteiger partial charge in [0.15, 0.2) is 0 Å². The van der Waals surface area contributed by atoms with E-state index in [0.29, 0.717) is 0 Å². The van der Waals surface area contributed by atoms with Crippen LogP contribution in [0.1, 0.15) is 11.1 Å². The van der Waals surface area contributed by atoms with Crippen molar-refractivity contribution >= 4 is 55.6 Å².